The second-order valence-corrected chi connectivity index (χ2v) is 6.17. The van der Waals surface area contributed by atoms with Gasteiger partial charge in [-0.15, -0.1) is 0 Å². The molecule has 2 fully saturated rings. The Hall–Kier alpha value is -1.10. The number of carbonyl (C=O) groups excluding carboxylic acids is 1. The molecule has 0 aromatic carbocycles. The molecule has 2 rings (SSSR count). The molecule has 2 saturated heterocycles. The van der Waals surface area contributed by atoms with Crippen LogP contribution in [-0.4, -0.2) is 59.0 Å². The van der Waals surface area contributed by atoms with Crippen molar-refractivity contribution in [3.05, 3.63) is 0 Å². The minimum atomic E-state index is -0.796. The summed E-state index contributed by atoms with van der Waals surface area (Å²) in [6.45, 7) is 4.61. The molecule has 0 aliphatic carbocycles. The summed E-state index contributed by atoms with van der Waals surface area (Å²) in [5.41, 5.74) is 0. The van der Waals surface area contributed by atoms with E-state index in [0.717, 1.165) is 38.9 Å². The van der Waals surface area contributed by atoms with Gasteiger partial charge in [0.25, 0.3) is 0 Å². The van der Waals surface area contributed by atoms with Crippen molar-refractivity contribution in [2.45, 2.75) is 51.5 Å². The van der Waals surface area contributed by atoms with Crippen molar-refractivity contribution in [2.24, 2.45) is 5.92 Å². The largest absolute Gasteiger partial charge is 0.480 e. The third-order valence-electron chi connectivity index (χ3n) is 4.60. The van der Waals surface area contributed by atoms with Gasteiger partial charge >= 0.3 is 5.97 Å². The first-order chi connectivity index (χ1) is 9.59. The number of carboxylic acids is 1. The maximum Gasteiger partial charge on any atom is 0.321 e. The van der Waals surface area contributed by atoms with Gasteiger partial charge in [-0.3, -0.25) is 14.5 Å². The molecule has 0 aromatic rings. The quantitative estimate of drug-likeness (QED) is 0.853. The van der Waals surface area contributed by atoms with E-state index in [0.29, 0.717) is 0 Å². The molecule has 1 N–H and O–H groups in total. The first kappa shape index (κ1) is 15.3. The van der Waals surface area contributed by atoms with Gasteiger partial charge in [0.05, 0.1) is 6.54 Å². The van der Waals surface area contributed by atoms with Crippen LogP contribution in [0.4, 0.5) is 0 Å². The third-order valence-corrected chi connectivity index (χ3v) is 4.60. The van der Waals surface area contributed by atoms with E-state index >= 15 is 0 Å². The predicted molar refractivity (Wildman–Crippen MR) is 76.4 cm³/mol. The van der Waals surface area contributed by atoms with E-state index < -0.39 is 12.0 Å². The molecule has 20 heavy (non-hydrogen) atoms. The van der Waals surface area contributed by atoms with Crippen LogP contribution >= 0.6 is 0 Å². The molecule has 2 aliphatic heterocycles. The molecule has 114 valence electrons. The van der Waals surface area contributed by atoms with E-state index in [1.165, 1.54) is 19.3 Å². The Morgan fingerprint density at radius 1 is 1.05 bits per heavy atom. The van der Waals surface area contributed by atoms with Gasteiger partial charge in [-0.2, -0.15) is 0 Å². The number of rotatable bonds is 3. The van der Waals surface area contributed by atoms with Crippen LogP contribution in [0.5, 0.6) is 0 Å². The smallest absolute Gasteiger partial charge is 0.321 e. The number of hydrogen-bond donors (Lipinski definition) is 1. The summed E-state index contributed by atoms with van der Waals surface area (Å²) >= 11 is 0. The maximum absolute atomic E-state index is 12.4. The number of likely N-dealkylation sites (tertiary alicyclic amines) is 2. The van der Waals surface area contributed by atoms with Gasteiger partial charge in [-0.25, -0.2) is 0 Å². The third kappa shape index (κ3) is 3.72. The number of hydrogen-bond acceptors (Lipinski definition) is 3. The average Bonchev–Trinajstić information content (AvgIpc) is 2.69. The number of carbonyl (C=O) groups is 2. The first-order valence-electron chi connectivity index (χ1n) is 7.84. The summed E-state index contributed by atoms with van der Waals surface area (Å²) in [6.07, 6.45) is 6.68. The number of amides is 1. The molecule has 0 aromatic heterocycles. The highest BCUT2D eigenvalue weighted by Crippen LogP contribution is 2.24. The molecule has 0 spiro atoms. The lowest BCUT2D eigenvalue weighted by molar-refractivity contribution is -0.144. The summed E-state index contributed by atoms with van der Waals surface area (Å²) < 4.78 is 0. The van der Waals surface area contributed by atoms with E-state index in [2.05, 4.69) is 0 Å². The molecule has 5 heteroatoms. The highest BCUT2D eigenvalue weighted by molar-refractivity contribution is 5.80. The van der Waals surface area contributed by atoms with Crippen LogP contribution in [0, 0.1) is 5.92 Å². The summed E-state index contributed by atoms with van der Waals surface area (Å²) in [6, 6.07) is -0.492. The average molecular weight is 282 g/mol. The van der Waals surface area contributed by atoms with E-state index in [-0.39, 0.29) is 18.4 Å². The maximum atomic E-state index is 12.4. The van der Waals surface area contributed by atoms with Crippen molar-refractivity contribution in [3.8, 4) is 0 Å². The van der Waals surface area contributed by atoms with Crippen molar-refractivity contribution in [1.82, 2.24) is 9.80 Å². The van der Waals surface area contributed by atoms with Gasteiger partial charge in [0.2, 0.25) is 5.91 Å². The summed E-state index contributed by atoms with van der Waals surface area (Å²) in [5.74, 6) is -0.560. The Kier molecular flexibility index (Phi) is 5.40. The fraction of sp³-hybridized carbons (Fsp3) is 0.867. The highest BCUT2D eigenvalue weighted by Gasteiger charge is 2.37. The zero-order valence-electron chi connectivity index (χ0n) is 12.4. The molecule has 2 aliphatic rings. The zero-order chi connectivity index (χ0) is 14.5. The second-order valence-electron chi connectivity index (χ2n) is 6.17. The van der Waals surface area contributed by atoms with Crippen molar-refractivity contribution >= 4 is 11.9 Å². The molecular weight excluding hydrogens is 256 g/mol. The van der Waals surface area contributed by atoms with Crippen molar-refractivity contribution in [3.63, 3.8) is 0 Å². The standard InChI is InChI=1S/C15H26N2O3/c1-12-7-10-17(14(12)15(19)20)11-13(18)16-8-5-3-2-4-6-9-16/h12,14H,2-11H2,1H3,(H,19,20). The van der Waals surface area contributed by atoms with Gasteiger partial charge in [-0.05, 0) is 31.7 Å². The fourth-order valence-corrected chi connectivity index (χ4v) is 3.37. The molecule has 1 amide bonds. The molecule has 0 bridgehead atoms. The predicted octanol–water partition coefficient (Wildman–Crippen LogP) is 1.57. The highest BCUT2D eigenvalue weighted by atomic mass is 16.4. The van der Waals surface area contributed by atoms with E-state index in [9.17, 15) is 14.7 Å². The van der Waals surface area contributed by atoms with Crippen molar-refractivity contribution in [1.29, 1.82) is 0 Å². The van der Waals surface area contributed by atoms with Gasteiger partial charge < -0.3 is 10.0 Å². The number of carboxylic acid groups (broad SMARTS) is 1. The van der Waals surface area contributed by atoms with Crippen LogP contribution in [0.3, 0.4) is 0 Å². The lowest BCUT2D eigenvalue weighted by Crippen LogP contribution is -2.46. The molecule has 2 atom stereocenters. The van der Waals surface area contributed by atoms with E-state index in [1.54, 1.807) is 0 Å². The minimum Gasteiger partial charge on any atom is -0.480 e. The second kappa shape index (κ2) is 7.07. The number of nitrogens with zero attached hydrogens (tertiary/aromatic N) is 2. The summed E-state index contributed by atoms with van der Waals surface area (Å²) in [7, 11) is 0. The van der Waals surface area contributed by atoms with Crippen LogP contribution in [0.25, 0.3) is 0 Å². The van der Waals surface area contributed by atoms with Crippen LogP contribution < -0.4 is 0 Å². The molecule has 5 nitrogen and oxygen atoms in total. The molecule has 2 unspecified atom stereocenters. The SMILES string of the molecule is CC1CCN(CC(=O)N2CCCCCCC2)C1C(=O)O. The van der Waals surface area contributed by atoms with Crippen LogP contribution in [-0.2, 0) is 9.59 Å². The lowest BCUT2D eigenvalue weighted by atomic mass is 10.0. The van der Waals surface area contributed by atoms with Gasteiger partial charge in [0, 0.05) is 13.1 Å². The van der Waals surface area contributed by atoms with E-state index in [1.807, 2.05) is 16.7 Å². The summed E-state index contributed by atoms with van der Waals surface area (Å²) in [5, 5.41) is 9.29. The van der Waals surface area contributed by atoms with Gasteiger partial charge in [0.15, 0.2) is 0 Å². The Labute approximate surface area is 120 Å². The summed E-state index contributed by atoms with van der Waals surface area (Å²) in [4.78, 5) is 27.5. The van der Waals surface area contributed by atoms with Crippen LogP contribution in [0.2, 0.25) is 0 Å². The molecule has 0 saturated carbocycles. The molecule has 0 radical (unpaired) electrons. The monoisotopic (exact) mass is 282 g/mol. The topological polar surface area (TPSA) is 60.9 Å². The first-order valence-corrected chi connectivity index (χ1v) is 7.84. The molecular formula is C15H26N2O3. The van der Waals surface area contributed by atoms with Crippen LogP contribution in [0.15, 0.2) is 0 Å². The van der Waals surface area contributed by atoms with Crippen molar-refractivity contribution < 1.29 is 14.7 Å². The lowest BCUT2D eigenvalue weighted by Gasteiger charge is -2.29. The Morgan fingerprint density at radius 3 is 2.25 bits per heavy atom. The normalized spacial score (nSPS) is 28.9. The van der Waals surface area contributed by atoms with Gasteiger partial charge in [0.1, 0.15) is 6.04 Å². The van der Waals surface area contributed by atoms with Crippen molar-refractivity contribution in [2.75, 3.05) is 26.2 Å². The Balaban J connectivity index is 1.91. The molecule has 2 heterocycles. The fourth-order valence-electron chi connectivity index (χ4n) is 3.37. The Bertz CT molecular complexity index is 351. The zero-order valence-corrected chi connectivity index (χ0v) is 12.4. The Morgan fingerprint density at radius 2 is 1.65 bits per heavy atom. The number of aliphatic carboxylic acids is 1. The van der Waals surface area contributed by atoms with E-state index in [4.69, 9.17) is 0 Å². The van der Waals surface area contributed by atoms with Gasteiger partial charge in [-0.1, -0.05) is 26.2 Å². The van der Waals surface area contributed by atoms with Crippen LogP contribution in [0.1, 0.15) is 45.4 Å². The minimum absolute atomic E-state index is 0.104.